The summed E-state index contributed by atoms with van der Waals surface area (Å²) < 4.78 is 5.07. The maximum absolute atomic E-state index is 11.7. The van der Waals surface area contributed by atoms with Gasteiger partial charge in [-0.3, -0.25) is 19.7 Å². The third-order valence-electron chi connectivity index (χ3n) is 3.81. The fourth-order valence-corrected chi connectivity index (χ4v) is 2.71. The summed E-state index contributed by atoms with van der Waals surface area (Å²) in [6.07, 6.45) is 5.57. The SMILES string of the molecule is COCCN(C)Cc1cncc([C@H]2CCCN2C(C)=O)n1. The Morgan fingerprint density at radius 3 is 3.05 bits per heavy atom. The Labute approximate surface area is 126 Å². The van der Waals surface area contributed by atoms with E-state index in [2.05, 4.69) is 9.88 Å². The molecule has 1 saturated heterocycles. The van der Waals surface area contributed by atoms with Crippen LogP contribution in [0.25, 0.3) is 0 Å². The lowest BCUT2D eigenvalue weighted by Crippen LogP contribution is -2.29. The molecule has 6 heteroatoms. The predicted molar refractivity (Wildman–Crippen MR) is 79.6 cm³/mol. The van der Waals surface area contributed by atoms with Gasteiger partial charge in [-0.15, -0.1) is 0 Å². The number of ether oxygens (including phenoxy) is 1. The lowest BCUT2D eigenvalue weighted by molar-refractivity contribution is -0.129. The van der Waals surface area contributed by atoms with Crippen molar-refractivity contribution in [3.63, 3.8) is 0 Å². The number of likely N-dealkylation sites (N-methyl/N-ethyl adjacent to an activating group) is 1. The topological polar surface area (TPSA) is 58.6 Å². The number of amides is 1. The van der Waals surface area contributed by atoms with Gasteiger partial charge < -0.3 is 9.64 Å². The maximum atomic E-state index is 11.7. The molecule has 2 heterocycles. The minimum atomic E-state index is 0.0826. The number of rotatable bonds is 6. The Hall–Kier alpha value is -1.53. The van der Waals surface area contributed by atoms with E-state index >= 15 is 0 Å². The van der Waals surface area contributed by atoms with E-state index in [1.54, 1.807) is 26.4 Å². The van der Waals surface area contributed by atoms with Crippen LogP contribution in [0.5, 0.6) is 0 Å². The van der Waals surface area contributed by atoms with Crippen LogP contribution < -0.4 is 0 Å². The van der Waals surface area contributed by atoms with Gasteiger partial charge in [0.05, 0.1) is 30.2 Å². The van der Waals surface area contributed by atoms with Crippen LogP contribution in [0, 0.1) is 0 Å². The Morgan fingerprint density at radius 2 is 2.33 bits per heavy atom. The average Bonchev–Trinajstić information content (AvgIpc) is 2.95. The van der Waals surface area contributed by atoms with Crippen molar-refractivity contribution in [2.45, 2.75) is 32.4 Å². The van der Waals surface area contributed by atoms with E-state index < -0.39 is 0 Å². The van der Waals surface area contributed by atoms with E-state index in [9.17, 15) is 4.79 Å². The number of methoxy groups -OCH3 is 1. The van der Waals surface area contributed by atoms with Crippen molar-refractivity contribution in [2.75, 3.05) is 33.9 Å². The van der Waals surface area contributed by atoms with Crippen LogP contribution in [0.3, 0.4) is 0 Å². The van der Waals surface area contributed by atoms with Crippen LogP contribution in [-0.2, 0) is 16.1 Å². The van der Waals surface area contributed by atoms with Crippen molar-refractivity contribution in [3.05, 3.63) is 23.8 Å². The average molecular weight is 292 g/mol. The van der Waals surface area contributed by atoms with Crippen molar-refractivity contribution in [3.8, 4) is 0 Å². The highest BCUT2D eigenvalue weighted by molar-refractivity contribution is 5.74. The van der Waals surface area contributed by atoms with Crippen molar-refractivity contribution >= 4 is 5.91 Å². The first kappa shape index (κ1) is 15.9. The van der Waals surface area contributed by atoms with Crippen LogP contribution >= 0.6 is 0 Å². The molecular formula is C15H24N4O2. The summed E-state index contributed by atoms with van der Waals surface area (Å²) in [7, 11) is 3.73. The number of carbonyl (C=O) groups excluding carboxylic acids is 1. The molecule has 1 aliphatic heterocycles. The quantitative estimate of drug-likeness (QED) is 0.789. The molecule has 21 heavy (non-hydrogen) atoms. The number of carbonyl (C=O) groups is 1. The van der Waals surface area contributed by atoms with Crippen LogP contribution in [-0.4, -0.2) is 59.5 Å². The highest BCUT2D eigenvalue weighted by Crippen LogP contribution is 2.30. The summed E-state index contributed by atoms with van der Waals surface area (Å²) in [5.41, 5.74) is 1.84. The van der Waals surface area contributed by atoms with Gasteiger partial charge in [0.2, 0.25) is 5.91 Å². The van der Waals surface area contributed by atoms with Gasteiger partial charge in [-0.1, -0.05) is 0 Å². The molecule has 0 aromatic carbocycles. The van der Waals surface area contributed by atoms with Gasteiger partial charge in [0, 0.05) is 39.9 Å². The molecule has 0 radical (unpaired) electrons. The van der Waals surface area contributed by atoms with E-state index in [1.807, 2.05) is 11.9 Å². The maximum Gasteiger partial charge on any atom is 0.220 e. The monoisotopic (exact) mass is 292 g/mol. The zero-order chi connectivity index (χ0) is 15.2. The molecule has 0 aliphatic carbocycles. The largest absolute Gasteiger partial charge is 0.383 e. The molecule has 6 nitrogen and oxygen atoms in total. The van der Waals surface area contributed by atoms with Crippen molar-refractivity contribution in [1.29, 1.82) is 0 Å². The van der Waals surface area contributed by atoms with Gasteiger partial charge in [-0.05, 0) is 19.9 Å². The van der Waals surface area contributed by atoms with Crippen molar-refractivity contribution in [1.82, 2.24) is 19.8 Å². The molecule has 1 aliphatic rings. The van der Waals surface area contributed by atoms with E-state index in [-0.39, 0.29) is 11.9 Å². The first-order valence-electron chi connectivity index (χ1n) is 7.37. The Balaban J connectivity index is 2.05. The molecule has 1 aromatic rings. The van der Waals surface area contributed by atoms with Gasteiger partial charge in [-0.25, -0.2) is 0 Å². The predicted octanol–water partition coefficient (Wildman–Crippen LogP) is 1.24. The van der Waals surface area contributed by atoms with E-state index in [0.29, 0.717) is 6.61 Å². The summed E-state index contributed by atoms with van der Waals surface area (Å²) in [5, 5.41) is 0. The van der Waals surface area contributed by atoms with Gasteiger partial charge >= 0.3 is 0 Å². The number of aromatic nitrogens is 2. The van der Waals surface area contributed by atoms with E-state index in [0.717, 1.165) is 43.9 Å². The van der Waals surface area contributed by atoms with Gasteiger partial charge in [0.25, 0.3) is 0 Å². The number of nitrogens with zero attached hydrogens (tertiary/aromatic N) is 4. The highest BCUT2D eigenvalue weighted by Gasteiger charge is 2.29. The zero-order valence-corrected chi connectivity index (χ0v) is 13.1. The standard InChI is InChI=1S/C15H24N4O2/c1-12(20)19-6-4-5-15(19)14-10-16-9-13(17-14)11-18(2)7-8-21-3/h9-10,15H,4-8,11H2,1-3H3/t15-/m1/s1. The molecule has 2 rings (SSSR count). The Bertz CT molecular complexity index is 480. The van der Waals surface area contributed by atoms with E-state index in [4.69, 9.17) is 9.72 Å². The van der Waals surface area contributed by atoms with Crippen LogP contribution in [0.4, 0.5) is 0 Å². The fourth-order valence-electron chi connectivity index (χ4n) is 2.71. The highest BCUT2D eigenvalue weighted by atomic mass is 16.5. The molecule has 0 saturated carbocycles. The van der Waals surface area contributed by atoms with Crippen molar-refractivity contribution in [2.24, 2.45) is 0 Å². The van der Waals surface area contributed by atoms with Gasteiger partial charge in [0.15, 0.2) is 0 Å². The van der Waals surface area contributed by atoms with Crippen molar-refractivity contribution < 1.29 is 9.53 Å². The zero-order valence-electron chi connectivity index (χ0n) is 13.1. The molecule has 0 unspecified atom stereocenters. The second kappa shape index (κ2) is 7.47. The molecule has 0 bridgehead atoms. The minimum absolute atomic E-state index is 0.0826. The lowest BCUT2D eigenvalue weighted by Gasteiger charge is -2.23. The first-order chi connectivity index (χ1) is 10.1. The second-order valence-corrected chi connectivity index (χ2v) is 5.54. The molecule has 1 aromatic heterocycles. The number of hydrogen-bond donors (Lipinski definition) is 0. The summed E-state index contributed by atoms with van der Waals surface area (Å²) >= 11 is 0. The molecule has 116 valence electrons. The molecule has 1 atom stereocenters. The molecule has 1 fully saturated rings. The number of hydrogen-bond acceptors (Lipinski definition) is 5. The van der Waals surface area contributed by atoms with Gasteiger partial charge in [0.1, 0.15) is 0 Å². The minimum Gasteiger partial charge on any atom is -0.383 e. The molecule has 0 N–H and O–H groups in total. The Kier molecular flexibility index (Phi) is 5.64. The van der Waals surface area contributed by atoms with E-state index in [1.165, 1.54) is 0 Å². The fraction of sp³-hybridized carbons (Fsp3) is 0.667. The first-order valence-corrected chi connectivity index (χ1v) is 7.37. The third kappa shape index (κ3) is 4.22. The number of likely N-dealkylation sites (tertiary alicyclic amines) is 1. The molecular weight excluding hydrogens is 268 g/mol. The molecule has 0 spiro atoms. The molecule has 1 amide bonds. The van der Waals surface area contributed by atoms with Crippen LogP contribution in [0.15, 0.2) is 12.4 Å². The summed E-state index contributed by atoms with van der Waals surface area (Å²) in [6, 6.07) is 0.0826. The van der Waals surface area contributed by atoms with Crippen LogP contribution in [0.2, 0.25) is 0 Å². The third-order valence-corrected chi connectivity index (χ3v) is 3.81. The second-order valence-electron chi connectivity index (χ2n) is 5.54. The normalized spacial score (nSPS) is 18.5. The smallest absolute Gasteiger partial charge is 0.220 e. The van der Waals surface area contributed by atoms with Crippen LogP contribution in [0.1, 0.15) is 37.2 Å². The summed E-state index contributed by atoms with van der Waals surface area (Å²) in [5.74, 6) is 0.113. The summed E-state index contributed by atoms with van der Waals surface area (Å²) in [6.45, 7) is 4.72. The Morgan fingerprint density at radius 1 is 1.52 bits per heavy atom. The van der Waals surface area contributed by atoms with Gasteiger partial charge in [-0.2, -0.15) is 0 Å². The summed E-state index contributed by atoms with van der Waals surface area (Å²) in [4.78, 5) is 24.7. The lowest BCUT2D eigenvalue weighted by atomic mass is 10.1.